The van der Waals surface area contributed by atoms with E-state index in [-0.39, 0.29) is 0 Å². The first-order valence-corrected chi connectivity index (χ1v) is 5.41. The highest BCUT2D eigenvalue weighted by atomic mass is 16.5. The maximum Gasteiger partial charge on any atom is 0.250 e. The van der Waals surface area contributed by atoms with Crippen LogP contribution in [0.2, 0.25) is 0 Å². The van der Waals surface area contributed by atoms with Gasteiger partial charge in [-0.05, 0) is 6.07 Å². The number of hydrogen-bond acceptors (Lipinski definition) is 5. The fraction of sp³-hybridized carbons (Fsp3) is 0.364. The van der Waals surface area contributed by atoms with Gasteiger partial charge >= 0.3 is 0 Å². The summed E-state index contributed by atoms with van der Waals surface area (Å²) in [5.74, 6) is 0.579. The zero-order valence-corrected chi connectivity index (χ0v) is 9.71. The van der Waals surface area contributed by atoms with Crippen molar-refractivity contribution in [3.05, 3.63) is 36.4 Å². The molecule has 0 aromatic carbocycles. The van der Waals surface area contributed by atoms with Crippen LogP contribution in [0.15, 0.2) is 30.9 Å². The third kappa shape index (κ3) is 3.33. The second kappa shape index (κ2) is 6.07. The van der Waals surface area contributed by atoms with E-state index in [1.54, 1.807) is 30.4 Å². The molecule has 0 spiro atoms. The van der Waals surface area contributed by atoms with Gasteiger partial charge in [-0.15, -0.1) is 0 Å². The van der Waals surface area contributed by atoms with Gasteiger partial charge in [0.05, 0.1) is 6.61 Å². The molecule has 0 bridgehead atoms. The average molecular weight is 233 g/mol. The topological polar surface area (TPSA) is 64.9 Å². The highest BCUT2D eigenvalue weighted by Crippen LogP contribution is 1.99. The second-order valence-corrected chi connectivity index (χ2v) is 3.51. The maximum absolute atomic E-state index is 4.94. The number of rotatable bonds is 6. The lowest BCUT2D eigenvalue weighted by Gasteiger charge is -2.04. The van der Waals surface area contributed by atoms with Crippen LogP contribution in [0.5, 0.6) is 0 Å². The van der Waals surface area contributed by atoms with Gasteiger partial charge in [0.1, 0.15) is 0 Å². The molecule has 0 radical (unpaired) electrons. The molecule has 0 fully saturated rings. The number of nitrogens with one attached hydrogen (secondary N) is 1. The van der Waals surface area contributed by atoms with E-state index in [1.807, 2.05) is 12.3 Å². The lowest BCUT2D eigenvalue weighted by atomic mass is 10.3. The Bertz CT molecular complexity index is 426. The van der Waals surface area contributed by atoms with Crippen molar-refractivity contribution in [2.45, 2.75) is 6.54 Å². The molecule has 0 aliphatic heterocycles. The SMILES string of the molecule is COCCNCc1cnc(-n2cccn2)nc1. The Labute approximate surface area is 99.7 Å². The number of methoxy groups -OCH3 is 1. The Balaban J connectivity index is 1.90. The largest absolute Gasteiger partial charge is 0.383 e. The maximum atomic E-state index is 4.94. The van der Waals surface area contributed by atoms with Crippen LogP contribution in [0.3, 0.4) is 0 Å². The third-order valence-electron chi connectivity index (χ3n) is 2.21. The Morgan fingerprint density at radius 1 is 1.35 bits per heavy atom. The first-order valence-electron chi connectivity index (χ1n) is 5.41. The molecule has 0 atom stereocenters. The van der Waals surface area contributed by atoms with E-state index in [0.717, 1.165) is 18.7 Å². The van der Waals surface area contributed by atoms with Crippen LogP contribution in [-0.2, 0) is 11.3 Å². The van der Waals surface area contributed by atoms with Crippen LogP contribution < -0.4 is 5.32 Å². The molecule has 2 heterocycles. The zero-order chi connectivity index (χ0) is 11.9. The highest BCUT2D eigenvalue weighted by molar-refractivity contribution is 5.13. The molecule has 6 nitrogen and oxygen atoms in total. The van der Waals surface area contributed by atoms with Crippen LogP contribution in [0.1, 0.15) is 5.56 Å². The molecule has 0 aliphatic rings. The Kier molecular flexibility index (Phi) is 4.17. The van der Waals surface area contributed by atoms with E-state index in [1.165, 1.54) is 0 Å². The minimum atomic E-state index is 0.579. The van der Waals surface area contributed by atoms with Crippen LogP contribution in [0.25, 0.3) is 5.95 Å². The van der Waals surface area contributed by atoms with Crippen LogP contribution >= 0.6 is 0 Å². The van der Waals surface area contributed by atoms with E-state index in [0.29, 0.717) is 12.6 Å². The van der Waals surface area contributed by atoms with Gasteiger partial charge in [-0.3, -0.25) is 0 Å². The minimum absolute atomic E-state index is 0.579. The van der Waals surface area contributed by atoms with Crippen molar-refractivity contribution >= 4 is 0 Å². The summed E-state index contributed by atoms with van der Waals surface area (Å²) in [7, 11) is 1.68. The molecule has 0 saturated carbocycles. The zero-order valence-electron chi connectivity index (χ0n) is 9.71. The highest BCUT2D eigenvalue weighted by Gasteiger charge is 1.99. The summed E-state index contributed by atoms with van der Waals surface area (Å²) >= 11 is 0. The molecule has 0 unspecified atom stereocenters. The Hall–Kier alpha value is -1.79. The monoisotopic (exact) mass is 233 g/mol. The van der Waals surface area contributed by atoms with Crippen molar-refractivity contribution in [3.63, 3.8) is 0 Å². The van der Waals surface area contributed by atoms with E-state index < -0.39 is 0 Å². The van der Waals surface area contributed by atoms with Crippen molar-refractivity contribution in [3.8, 4) is 5.95 Å². The van der Waals surface area contributed by atoms with Crippen molar-refractivity contribution in [2.24, 2.45) is 0 Å². The van der Waals surface area contributed by atoms with E-state index in [9.17, 15) is 0 Å². The molecular weight excluding hydrogens is 218 g/mol. The van der Waals surface area contributed by atoms with Crippen molar-refractivity contribution in [1.29, 1.82) is 0 Å². The van der Waals surface area contributed by atoms with Gasteiger partial charge in [-0.2, -0.15) is 5.10 Å². The van der Waals surface area contributed by atoms with Gasteiger partial charge in [0.15, 0.2) is 0 Å². The lowest BCUT2D eigenvalue weighted by Crippen LogP contribution is -2.18. The van der Waals surface area contributed by atoms with Gasteiger partial charge in [-0.1, -0.05) is 0 Å². The van der Waals surface area contributed by atoms with Gasteiger partial charge in [-0.25, -0.2) is 14.6 Å². The summed E-state index contributed by atoms with van der Waals surface area (Å²) < 4.78 is 6.57. The van der Waals surface area contributed by atoms with Crippen molar-refractivity contribution < 1.29 is 4.74 Å². The Morgan fingerprint density at radius 3 is 2.82 bits per heavy atom. The predicted octanol–water partition coefficient (Wildman–Crippen LogP) is 0.398. The molecule has 17 heavy (non-hydrogen) atoms. The summed E-state index contributed by atoms with van der Waals surface area (Å²) in [5.41, 5.74) is 1.04. The molecule has 6 heteroatoms. The predicted molar refractivity (Wildman–Crippen MR) is 62.7 cm³/mol. The van der Waals surface area contributed by atoms with Crippen LogP contribution in [0.4, 0.5) is 0 Å². The number of hydrogen-bond donors (Lipinski definition) is 1. The summed E-state index contributed by atoms with van der Waals surface area (Å²) in [6, 6.07) is 1.84. The number of ether oxygens (including phenoxy) is 1. The number of nitrogens with zero attached hydrogens (tertiary/aromatic N) is 4. The summed E-state index contributed by atoms with van der Waals surface area (Å²) in [5, 5.41) is 7.29. The molecule has 2 aromatic rings. The minimum Gasteiger partial charge on any atom is -0.383 e. The third-order valence-corrected chi connectivity index (χ3v) is 2.21. The fourth-order valence-corrected chi connectivity index (χ4v) is 1.35. The first-order chi connectivity index (χ1) is 8.40. The molecule has 2 aromatic heterocycles. The molecule has 1 N–H and O–H groups in total. The molecule has 2 rings (SSSR count). The van der Waals surface area contributed by atoms with E-state index >= 15 is 0 Å². The van der Waals surface area contributed by atoms with Gasteiger partial charge in [0, 0.05) is 50.6 Å². The number of aromatic nitrogens is 4. The molecule has 0 aliphatic carbocycles. The first kappa shape index (κ1) is 11.7. The second-order valence-electron chi connectivity index (χ2n) is 3.51. The van der Waals surface area contributed by atoms with Crippen LogP contribution in [-0.4, -0.2) is 40.0 Å². The smallest absolute Gasteiger partial charge is 0.250 e. The Morgan fingerprint density at radius 2 is 2.18 bits per heavy atom. The van der Waals surface area contributed by atoms with E-state index in [4.69, 9.17) is 4.74 Å². The normalized spacial score (nSPS) is 10.6. The lowest BCUT2D eigenvalue weighted by molar-refractivity contribution is 0.199. The molecule has 0 saturated heterocycles. The quantitative estimate of drug-likeness (QED) is 0.731. The van der Waals surface area contributed by atoms with Crippen molar-refractivity contribution in [2.75, 3.05) is 20.3 Å². The summed E-state index contributed by atoms with van der Waals surface area (Å²) in [4.78, 5) is 8.48. The average Bonchev–Trinajstić information content (AvgIpc) is 2.89. The van der Waals surface area contributed by atoms with Crippen LogP contribution in [0, 0.1) is 0 Å². The molecular formula is C11H15N5O. The summed E-state index contributed by atoms with van der Waals surface area (Å²) in [6.07, 6.45) is 7.10. The van der Waals surface area contributed by atoms with Crippen molar-refractivity contribution in [1.82, 2.24) is 25.1 Å². The van der Waals surface area contributed by atoms with Gasteiger partial charge in [0.2, 0.25) is 5.95 Å². The van der Waals surface area contributed by atoms with E-state index in [2.05, 4.69) is 20.4 Å². The molecule has 0 amide bonds. The fourth-order valence-electron chi connectivity index (χ4n) is 1.35. The standard InChI is InChI=1S/C11H15N5O/c1-17-6-4-12-7-10-8-13-11(14-9-10)16-5-2-3-15-16/h2-3,5,8-9,12H,4,6-7H2,1H3. The van der Waals surface area contributed by atoms with Gasteiger partial charge < -0.3 is 10.1 Å². The van der Waals surface area contributed by atoms with Gasteiger partial charge in [0.25, 0.3) is 0 Å². The summed E-state index contributed by atoms with van der Waals surface area (Å²) in [6.45, 7) is 2.26. The molecule has 90 valence electrons.